The largest absolute Gasteiger partial charge is 0.355 e. The Hall–Kier alpha value is -1.06. The number of hydrogen-bond acceptors (Lipinski definition) is 2. The second kappa shape index (κ2) is 9.86. The lowest BCUT2D eigenvalue weighted by Crippen LogP contribution is -2.41. The van der Waals surface area contributed by atoms with Gasteiger partial charge in [0.05, 0.1) is 6.54 Å². The van der Waals surface area contributed by atoms with E-state index in [0.29, 0.717) is 6.42 Å². The van der Waals surface area contributed by atoms with Crippen LogP contribution in [0.1, 0.15) is 77.0 Å². The van der Waals surface area contributed by atoms with Gasteiger partial charge in [-0.05, 0) is 31.6 Å². The van der Waals surface area contributed by atoms with Crippen molar-refractivity contribution in [1.82, 2.24) is 10.2 Å². The van der Waals surface area contributed by atoms with Crippen LogP contribution in [0.4, 0.5) is 0 Å². The SMILES string of the molecule is O=C(CN1CCCCCCC1=O)NCCCC1CCCCC1. The molecule has 0 atom stereocenters. The molecule has 126 valence electrons. The molecule has 2 amide bonds. The molecule has 1 aliphatic carbocycles. The highest BCUT2D eigenvalue weighted by molar-refractivity contribution is 5.84. The van der Waals surface area contributed by atoms with Crippen LogP contribution in [0.15, 0.2) is 0 Å². The third-order valence-corrected chi connectivity index (χ3v) is 5.09. The molecule has 4 heteroatoms. The van der Waals surface area contributed by atoms with E-state index in [4.69, 9.17) is 0 Å². The molecule has 0 unspecified atom stereocenters. The first-order valence-corrected chi connectivity index (χ1v) is 9.30. The average molecular weight is 308 g/mol. The van der Waals surface area contributed by atoms with Gasteiger partial charge in [0.25, 0.3) is 0 Å². The van der Waals surface area contributed by atoms with Crippen molar-refractivity contribution in [2.24, 2.45) is 5.92 Å². The molecule has 2 aliphatic rings. The summed E-state index contributed by atoms with van der Waals surface area (Å²) in [6, 6.07) is 0. The van der Waals surface area contributed by atoms with Gasteiger partial charge in [0.2, 0.25) is 11.8 Å². The summed E-state index contributed by atoms with van der Waals surface area (Å²) >= 11 is 0. The molecule has 0 aromatic heterocycles. The Bertz CT molecular complexity index is 351. The number of amides is 2. The van der Waals surface area contributed by atoms with Crippen molar-refractivity contribution in [3.8, 4) is 0 Å². The molecule has 2 fully saturated rings. The summed E-state index contributed by atoms with van der Waals surface area (Å²) in [5.74, 6) is 1.04. The van der Waals surface area contributed by atoms with Gasteiger partial charge in [-0.2, -0.15) is 0 Å². The van der Waals surface area contributed by atoms with Crippen LogP contribution in [-0.2, 0) is 9.59 Å². The predicted molar refractivity (Wildman–Crippen MR) is 88.5 cm³/mol. The molecule has 0 spiro atoms. The molecular weight excluding hydrogens is 276 g/mol. The maximum absolute atomic E-state index is 12.0. The van der Waals surface area contributed by atoms with E-state index in [1.54, 1.807) is 4.90 Å². The van der Waals surface area contributed by atoms with Gasteiger partial charge in [0.1, 0.15) is 0 Å². The lowest BCUT2D eigenvalue weighted by atomic mass is 9.86. The van der Waals surface area contributed by atoms with Gasteiger partial charge in [-0.3, -0.25) is 9.59 Å². The molecule has 0 aromatic rings. The standard InChI is InChI=1S/C18H32N2O2/c21-17(15-20-14-7-2-1-6-12-18(20)22)19-13-8-11-16-9-4-3-5-10-16/h16H,1-15H2,(H,19,21). The van der Waals surface area contributed by atoms with Crippen LogP contribution in [0.5, 0.6) is 0 Å². The number of rotatable bonds is 6. The molecule has 1 saturated carbocycles. The van der Waals surface area contributed by atoms with Crippen LogP contribution < -0.4 is 5.32 Å². The fraction of sp³-hybridized carbons (Fsp3) is 0.889. The maximum atomic E-state index is 12.0. The first kappa shape index (κ1) is 17.3. The third kappa shape index (κ3) is 6.37. The third-order valence-electron chi connectivity index (χ3n) is 5.09. The maximum Gasteiger partial charge on any atom is 0.239 e. The number of carbonyl (C=O) groups excluding carboxylic acids is 2. The summed E-state index contributed by atoms with van der Waals surface area (Å²) in [5, 5.41) is 2.99. The Morgan fingerprint density at radius 3 is 2.59 bits per heavy atom. The van der Waals surface area contributed by atoms with E-state index in [0.717, 1.165) is 44.7 Å². The van der Waals surface area contributed by atoms with Crippen LogP contribution >= 0.6 is 0 Å². The van der Waals surface area contributed by atoms with Crippen molar-refractivity contribution < 1.29 is 9.59 Å². The molecule has 4 nitrogen and oxygen atoms in total. The van der Waals surface area contributed by atoms with Gasteiger partial charge in [-0.15, -0.1) is 0 Å². The number of likely N-dealkylation sites (tertiary alicyclic amines) is 1. The van der Waals surface area contributed by atoms with Gasteiger partial charge < -0.3 is 10.2 Å². The Morgan fingerprint density at radius 1 is 1.05 bits per heavy atom. The topological polar surface area (TPSA) is 49.4 Å². The predicted octanol–water partition coefficient (Wildman–Crippen LogP) is 3.26. The minimum atomic E-state index is 0.0116. The second-order valence-electron chi connectivity index (χ2n) is 6.98. The average Bonchev–Trinajstić information content (AvgIpc) is 2.52. The van der Waals surface area contributed by atoms with Crippen LogP contribution in [-0.4, -0.2) is 36.3 Å². The van der Waals surface area contributed by atoms with Crippen molar-refractivity contribution in [1.29, 1.82) is 0 Å². The van der Waals surface area contributed by atoms with Crippen LogP contribution in [0.2, 0.25) is 0 Å². The minimum absolute atomic E-state index is 0.0116. The van der Waals surface area contributed by atoms with Crippen LogP contribution in [0.25, 0.3) is 0 Å². The van der Waals surface area contributed by atoms with E-state index in [1.165, 1.54) is 44.9 Å². The number of nitrogens with zero attached hydrogens (tertiary/aromatic N) is 1. The summed E-state index contributed by atoms with van der Waals surface area (Å²) in [6.07, 6.45) is 14.1. The quantitative estimate of drug-likeness (QED) is 0.766. The summed E-state index contributed by atoms with van der Waals surface area (Å²) in [5.41, 5.74) is 0. The van der Waals surface area contributed by atoms with Gasteiger partial charge >= 0.3 is 0 Å². The zero-order chi connectivity index (χ0) is 15.6. The number of nitrogens with one attached hydrogen (secondary N) is 1. The van der Waals surface area contributed by atoms with E-state index >= 15 is 0 Å². The summed E-state index contributed by atoms with van der Waals surface area (Å²) in [4.78, 5) is 25.7. The zero-order valence-corrected chi connectivity index (χ0v) is 13.9. The van der Waals surface area contributed by atoms with Crippen molar-refractivity contribution in [3.63, 3.8) is 0 Å². The smallest absolute Gasteiger partial charge is 0.239 e. The van der Waals surface area contributed by atoms with E-state index in [9.17, 15) is 9.59 Å². The van der Waals surface area contributed by atoms with Gasteiger partial charge in [-0.25, -0.2) is 0 Å². The highest BCUT2D eigenvalue weighted by atomic mass is 16.2. The van der Waals surface area contributed by atoms with Crippen molar-refractivity contribution in [2.45, 2.75) is 77.0 Å². The first-order chi connectivity index (χ1) is 10.8. The van der Waals surface area contributed by atoms with Gasteiger partial charge in [0, 0.05) is 19.5 Å². The van der Waals surface area contributed by atoms with E-state index < -0.39 is 0 Å². The van der Waals surface area contributed by atoms with E-state index in [-0.39, 0.29) is 18.4 Å². The Balaban J connectivity index is 1.58. The highest BCUT2D eigenvalue weighted by Crippen LogP contribution is 2.26. The molecule has 0 radical (unpaired) electrons. The monoisotopic (exact) mass is 308 g/mol. The second-order valence-corrected chi connectivity index (χ2v) is 6.98. The van der Waals surface area contributed by atoms with E-state index in [1.807, 2.05) is 0 Å². The van der Waals surface area contributed by atoms with Crippen molar-refractivity contribution in [2.75, 3.05) is 19.6 Å². The summed E-state index contributed by atoms with van der Waals surface area (Å²) < 4.78 is 0. The highest BCUT2D eigenvalue weighted by Gasteiger charge is 2.18. The number of hydrogen-bond donors (Lipinski definition) is 1. The van der Waals surface area contributed by atoms with Crippen molar-refractivity contribution in [3.05, 3.63) is 0 Å². The lowest BCUT2D eigenvalue weighted by Gasteiger charge is -2.24. The lowest BCUT2D eigenvalue weighted by molar-refractivity contribution is -0.136. The molecule has 0 bridgehead atoms. The molecule has 1 N–H and O–H groups in total. The van der Waals surface area contributed by atoms with Crippen LogP contribution in [0, 0.1) is 5.92 Å². The molecule has 1 heterocycles. The molecule has 1 aliphatic heterocycles. The van der Waals surface area contributed by atoms with Gasteiger partial charge in [0.15, 0.2) is 0 Å². The molecular formula is C18H32N2O2. The normalized spacial score (nSPS) is 21.3. The number of carbonyl (C=O) groups is 2. The van der Waals surface area contributed by atoms with E-state index in [2.05, 4.69) is 5.32 Å². The molecule has 1 saturated heterocycles. The Labute approximate surface area is 135 Å². The summed E-state index contributed by atoms with van der Waals surface area (Å²) in [7, 11) is 0. The zero-order valence-electron chi connectivity index (χ0n) is 13.9. The van der Waals surface area contributed by atoms with Gasteiger partial charge in [-0.1, -0.05) is 44.9 Å². The fourth-order valence-electron chi connectivity index (χ4n) is 3.71. The first-order valence-electron chi connectivity index (χ1n) is 9.30. The van der Waals surface area contributed by atoms with Crippen molar-refractivity contribution >= 4 is 11.8 Å². The fourth-order valence-corrected chi connectivity index (χ4v) is 3.71. The Morgan fingerprint density at radius 2 is 1.77 bits per heavy atom. The molecule has 2 rings (SSSR count). The van der Waals surface area contributed by atoms with Crippen LogP contribution in [0.3, 0.4) is 0 Å². The molecule has 0 aromatic carbocycles. The minimum Gasteiger partial charge on any atom is -0.355 e. The Kier molecular flexibility index (Phi) is 7.75. The summed E-state index contributed by atoms with van der Waals surface area (Å²) in [6.45, 7) is 1.76. The molecule has 22 heavy (non-hydrogen) atoms.